The number of halogens is 1. The van der Waals surface area contributed by atoms with Crippen molar-refractivity contribution in [1.29, 1.82) is 5.26 Å². The van der Waals surface area contributed by atoms with E-state index in [0.29, 0.717) is 24.2 Å². The average molecular weight is 268 g/mol. The highest BCUT2D eigenvalue weighted by Gasteiger charge is 2.06. The molecule has 1 aromatic carbocycles. The molecule has 0 unspecified atom stereocenters. The molecule has 0 aliphatic carbocycles. The van der Waals surface area contributed by atoms with Crippen LogP contribution in [0.1, 0.15) is 16.8 Å². The van der Waals surface area contributed by atoms with E-state index in [1.54, 1.807) is 18.2 Å². The van der Waals surface area contributed by atoms with Crippen molar-refractivity contribution in [1.82, 2.24) is 5.32 Å². The third-order valence-electron chi connectivity index (χ3n) is 1.78. The number of rotatable bonds is 3. The molecule has 0 saturated heterocycles. The molecule has 1 aromatic rings. The van der Waals surface area contributed by atoms with Crippen LogP contribution in [-0.2, 0) is 0 Å². The molecule has 0 aliphatic heterocycles. The molecule has 4 nitrogen and oxygen atoms in total. The standard InChI is InChI=1S/C10H10BrN3O/c11-8-3-2-7(6-9(8)13)10(15)14-5-1-4-12/h2-3,6H,1,5,13H2,(H,14,15). The van der Waals surface area contributed by atoms with Gasteiger partial charge in [-0.1, -0.05) is 0 Å². The third kappa shape index (κ3) is 3.26. The van der Waals surface area contributed by atoms with E-state index in [1.807, 2.05) is 6.07 Å². The highest BCUT2D eigenvalue weighted by Crippen LogP contribution is 2.19. The molecule has 0 radical (unpaired) electrons. The van der Waals surface area contributed by atoms with Crippen LogP contribution in [-0.4, -0.2) is 12.5 Å². The minimum Gasteiger partial charge on any atom is -0.398 e. The Balaban J connectivity index is 2.67. The zero-order chi connectivity index (χ0) is 11.3. The van der Waals surface area contributed by atoms with Gasteiger partial charge in [-0.3, -0.25) is 4.79 Å². The van der Waals surface area contributed by atoms with Gasteiger partial charge in [0.25, 0.3) is 5.91 Å². The summed E-state index contributed by atoms with van der Waals surface area (Å²) in [6.45, 7) is 0.352. The number of hydrogen-bond acceptors (Lipinski definition) is 3. The van der Waals surface area contributed by atoms with Crippen molar-refractivity contribution in [3.05, 3.63) is 28.2 Å². The first-order valence-corrected chi connectivity index (χ1v) is 5.14. The van der Waals surface area contributed by atoms with Crippen LogP contribution in [0.25, 0.3) is 0 Å². The summed E-state index contributed by atoms with van der Waals surface area (Å²) in [6.07, 6.45) is 0.303. The first-order valence-electron chi connectivity index (χ1n) is 4.35. The number of nitrogen functional groups attached to an aromatic ring is 1. The Kier molecular flexibility index (Phi) is 4.13. The first kappa shape index (κ1) is 11.5. The third-order valence-corrected chi connectivity index (χ3v) is 2.50. The van der Waals surface area contributed by atoms with E-state index in [1.165, 1.54) is 0 Å². The summed E-state index contributed by atoms with van der Waals surface area (Å²) in [6, 6.07) is 6.92. The van der Waals surface area contributed by atoms with Crippen LogP contribution in [0.15, 0.2) is 22.7 Å². The van der Waals surface area contributed by atoms with E-state index in [2.05, 4.69) is 21.2 Å². The average Bonchev–Trinajstić information content (AvgIpc) is 2.22. The van der Waals surface area contributed by atoms with Crippen LogP contribution < -0.4 is 11.1 Å². The second kappa shape index (κ2) is 5.37. The molecule has 15 heavy (non-hydrogen) atoms. The van der Waals surface area contributed by atoms with Crippen molar-refractivity contribution in [3.8, 4) is 6.07 Å². The van der Waals surface area contributed by atoms with E-state index in [4.69, 9.17) is 11.0 Å². The molecule has 0 fully saturated rings. The van der Waals surface area contributed by atoms with Crippen LogP contribution >= 0.6 is 15.9 Å². The number of nitriles is 1. The molecular weight excluding hydrogens is 258 g/mol. The van der Waals surface area contributed by atoms with Gasteiger partial charge in [-0.2, -0.15) is 5.26 Å². The van der Waals surface area contributed by atoms with E-state index in [-0.39, 0.29) is 5.91 Å². The van der Waals surface area contributed by atoms with Crippen LogP contribution in [0.2, 0.25) is 0 Å². The number of nitrogens with two attached hydrogens (primary N) is 1. The summed E-state index contributed by atoms with van der Waals surface area (Å²) in [7, 11) is 0. The molecule has 5 heteroatoms. The van der Waals surface area contributed by atoms with Gasteiger partial charge in [0.2, 0.25) is 0 Å². The Bertz CT molecular complexity index is 412. The van der Waals surface area contributed by atoms with Crippen LogP contribution in [0.4, 0.5) is 5.69 Å². The van der Waals surface area contributed by atoms with Crippen LogP contribution in [0.3, 0.4) is 0 Å². The zero-order valence-electron chi connectivity index (χ0n) is 7.96. The lowest BCUT2D eigenvalue weighted by Crippen LogP contribution is -2.24. The Labute approximate surface area is 96.2 Å². The maximum absolute atomic E-state index is 11.5. The van der Waals surface area contributed by atoms with E-state index in [0.717, 1.165) is 4.47 Å². The minimum atomic E-state index is -0.218. The van der Waals surface area contributed by atoms with Gasteiger partial charge in [0.05, 0.1) is 12.5 Å². The fourth-order valence-corrected chi connectivity index (χ4v) is 1.27. The van der Waals surface area contributed by atoms with Gasteiger partial charge in [-0.15, -0.1) is 0 Å². The summed E-state index contributed by atoms with van der Waals surface area (Å²) < 4.78 is 0.760. The molecule has 0 bridgehead atoms. The van der Waals surface area contributed by atoms with E-state index >= 15 is 0 Å². The molecule has 0 spiro atoms. The second-order valence-corrected chi connectivity index (χ2v) is 3.75. The maximum Gasteiger partial charge on any atom is 0.251 e. The number of carbonyl (C=O) groups is 1. The van der Waals surface area contributed by atoms with Gasteiger partial charge in [-0.25, -0.2) is 0 Å². The lowest BCUT2D eigenvalue weighted by atomic mass is 10.2. The molecule has 0 aromatic heterocycles. The largest absolute Gasteiger partial charge is 0.398 e. The van der Waals surface area contributed by atoms with Gasteiger partial charge in [0.15, 0.2) is 0 Å². The minimum absolute atomic E-state index is 0.218. The fourth-order valence-electron chi connectivity index (χ4n) is 1.02. The maximum atomic E-state index is 11.5. The SMILES string of the molecule is N#CCCNC(=O)c1ccc(Br)c(N)c1. The summed E-state index contributed by atoms with van der Waals surface area (Å²) in [5.41, 5.74) is 6.64. The van der Waals surface area contributed by atoms with Crippen molar-refractivity contribution in [2.45, 2.75) is 6.42 Å². The topological polar surface area (TPSA) is 78.9 Å². The quantitative estimate of drug-likeness (QED) is 0.646. The fraction of sp³-hybridized carbons (Fsp3) is 0.200. The van der Waals surface area contributed by atoms with Gasteiger partial charge in [-0.05, 0) is 34.1 Å². The monoisotopic (exact) mass is 267 g/mol. The molecule has 0 aliphatic rings. The van der Waals surface area contributed by atoms with Crippen molar-refractivity contribution in [2.24, 2.45) is 0 Å². The molecule has 0 saturated carbocycles. The second-order valence-electron chi connectivity index (χ2n) is 2.90. The van der Waals surface area contributed by atoms with E-state index in [9.17, 15) is 4.79 Å². The van der Waals surface area contributed by atoms with Crippen LogP contribution in [0, 0.1) is 11.3 Å². The number of hydrogen-bond donors (Lipinski definition) is 2. The van der Waals surface area contributed by atoms with Gasteiger partial charge in [0.1, 0.15) is 0 Å². The number of carbonyl (C=O) groups excluding carboxylic acids is 1. The number of nitrogens with zero attached hydrogens (tertiary/aromatic N) is 1. The highest BCUT2D eigenvalue weighted by molar-refractivity contribution is 9.10. The number of benzene rings is 1. The summed E-state index contributed by atoms with van der Waals surface area (Å²) in [5, 5.41) is 10.9. The Morgan fingerprint density at radius 2 is 2.33 bits per heavy atom. The summed E-state index contributed by atoms with van der Waals surface area (Å²) >= 11 is 3.24. The predicted octanol–water partition coefficient (Wildman–Crippen LogP) is 1.67. The van der Waals surface area contributed by atoms with Gasteiger partial charge < -0.3 is 11.1 Å². The molecule has 1 rings (SSSR count). The number of nitrogens with one attached hydrogen (secondary N) is 1. The van der Waals surface area contributed by atoms with Crippen LogP contribution in [0.5, 0.6) is 0 Å². The summed E-state index contributed by atoms with van der Waals surface area (Å²) in [5.74, 6) is -0.218. The summed E-state index contributed by atoms with van der Waals surface area (Å²) in [4.78, 5) is 11.5. The van der Waals surface area contributed by atoms with Crippen molar-refractivity contribution in [2.75, 3.05) is 12.3 Å². The molecule has 0 atom stereocenters. The Hall–Kier alpha value is -1.54. The Morgan fingerprint density at radius 1 is 1.60 bits per heavy atom. The number of anilines is 1. The van der Waals surface area contributed by atoms with Crippen molar-refractivity contribution < 1.29 is 4.79 Å². The molecular formula is C10H10BrN3O. The lowest BCUT2D eigenvalue weighted by Gasteiger charge is -2.04. The first-order chi connectivity index (χ1) is 7.15. The lowest BCUT2D eigenvalue weighted by molar-refractivity contribution is 0.0954. The highest BCUT2D eigenvalue weighted by atomic mass is 79.9. The van der Waals surface area contributed by atoms with E-state index < -0.39 is 0 Å². The smallest absolute Gasteiger partial charge is 0.251 e. The molecule has 78 valence electrons. The molecule has 0 heterocycles. The van der Waals surface area contributed by atoms with Gasteiger partial charge in [0, 0.05) is 22.3 Å². The molecule has 3 N–H and O–H groups in total. The molecule has 1 amide bonds. The number of amides is 1. The predicted molar refractivity (Wildman–Crippen MR) is 61.1 cm³/mol. The zero-order valence-corrected chi connectivity index (χ0v) is 9.54. The van der Waals surface area contributed by atoms with Crippen molar-refractivity contribution in [3.63, 3.8) is 0 Å². The van der Waals surface area contributed by atoms with Gasteiger partial charge >= 0.3 is 0 Å². The normalized spacial score (nSPS) is 9.33. The Morgan fingerprint density at radius 3 is 2.93 bits per heavy atom. The van der Waals surface area contributed by atoms with Crippen molar-refractivity contribution >= 4 is 27.5 Å².